The van der Waals surface area contributed by atoms with Crippen molar-refractivity contribution < 1.29 is 28.7 Å². The number of hydrogen-bond acceptors (Lipinski definition) is 8. The van der Waals surface area contributed by atoms with Gasteiger partial charge in [-0.25, -0.2) is 9.97 Å². The molecule has 1 saturated heterocycles. The van der Waals surface area contributed by atoms with Crippen LogP contribution in [0.25, 0.3) is 0 Å². The second-order valence-corrected chi connectivity index (χ2v) is 7.38. The molecule has 0 bridgehead atoms. The summed E-state index contributed by atoms with van der Waals surface area (Å²) >= 11 is 0. The highest BCUT2D eigenvalue weighted by atomic mass is 16.5. The van der Waals surface area contributed by atoms with E-state index in [4.69, 9.17) is 18.9 Å². The van der Waals surface area contributed by atoms with Gasteiger partial charge in [-0.15, -0.1) is 0 Å². The Balaban J connectivity index is 0.000000391. The van der Waals surface area contributed by atoms with Crippen molar-refractivity contribution in [1.82, 2.24) is 9.97 Å². The first-order valence-electron chi connectivity index (χ1n) is 10.7. The molecule has 1 aromatic heterocycles. The molecule has 1 N–H and O–H groups in total. The lowest BCUT2D eigenvalue weighted by Crippen LogP contribution is -2.28. The zero-order valence-corrected chi connectivity index (χ0v) is 18.2. The molecule has 0 aliphatic carbocycles. The van der Waals surface area contributed by atoms with E-state index in [-0.39, 0.29) is 18.4 Å². The fourth-order valence-electron chi connectivity index (χ4n) is 3.66. The van der Waals surface area contributed by atoms with Gasteiger partial charge in [0.2, 0.25) is 0 Å². The maximum atomic E-state index is 11.8. The Bertz CT molecular complexity index is 861. The van der Waals surface area contributed by atoms with Crippen LogP contribution in [0.4, 0.5) is 0 Å². The second-order valence-electron chi connectivity index (χ2n) is 7.38. The average molecular weight is 428 g/mol. The number of aryl methyl sites for hydroxylation is 1. The number of rotatable bonds is 6. The Hall–Kier alpha value is -2.49. The summed E-state index contributed by atoms with van der Waals surface area (Å²) in [4.78, 5) is 19.9. The van der Waals surface area contributed by atoms with Crippen molar-refractivity contribution in [3.05, 3.63) is 41.7 Å². The Morgan fingerprint density at radius 1 is 1.29 bits per heavy atom. The zero-order chi connectivity index (χ0) is 22.2. The number of ether oxygens (including phenoxy) is 3. The van der Waals surface area contributed by atoms with Crippen molar-refractivity contribution in [2.24, 2.45) is 0 Å². The third-order valence-corrected chi connectivity index (χ3v) is 5.10. The molecule has 2 aliphatic rings. The molecule has 1 aromatic carbocycles. The lowest BCUT2D eigenvalue weighted by Gasteiger charge is -2.15. The second kappa shape index (κ2) is 11.2. The quantitative estimate of drug-likeness (QED) is 0.554. The van der Waals surface area contributed by atoms with Crippen LogP contribution in [-0.4, -0.2) is 47.4 Å². The van der Waals surface area contributed by atoms with Crippen molar-refractivity contribution in [1.29, 1.82) is 0 Å². The third-order valence-electron chi connectivity index (χ3n) is 5.10. The predicted molar refractivity (Wildman–Crippen MR) is 115 cm³/mol. The van der Waals surface area contributed by atoms with Gasteiger partial charge in [0.25, 0.3) is 0 Å². The van der Waals surface area contributed by atoms with E-state index in [0.29, 0.717) is 30.3 Å². The van der Waals surface area contributed by atoms with Crippen LogP contribution in [-0.2, 0) is 25.3 Å². The van der Waals surface area contributed by atoms with E-state index in [9.17, 15) is 9.82 Å². The van der Waals surface area contributed by atoms with Crippen LogP contribution >= 0.6 is 0 Å². The van der Waals surface area contributed by atoms with Gasteiger partial charge < -0.3 is 23.9 Å². The molecule has 166 valence electrons. The first-order valence-corrected chi connectivity index (χ1v) is 10.7. The van der Waals surface area contributed by atoms with Gasteiger partial charge in [0.1, 0.15) is 5.75 Å². The Morgan fingerprint density at radius 2 is 2.06 bits per heavy atom. The molecular formula is C22H29BN2O6. The first kappa shape index (κ1) is 23.2. The van der Waals surface area contributed by atoms with E-state index in [2.05, 4.69) is 16.9 Å². The first-order chi connectivity index (χ1) is 15.0. The summed E-state index contributed by atoms with van der Waals surface area (Å²) in [6, 6.07) is 5.47. The molecule has 0 saturated carbocycles. The van der Waals surface area contributed by atoms with Crippen LogP contribution in [0.5, 0.6) is 11.8 Å². The van der Waals surface area contributed by atoms with Crippen LogP contribution < -0.4 is 10.2 Å². The number of fused-ring (bicyclic) bond motifs is 1. The highest BCUT2D eigenvalue weighted by Gasteiger charge is 2.38. The third kappa shape index (κ3) is 6.25. The Kier molecular flexibility index (Phi) is 8.39. The number of nitrogens with zero attached hydrogens (tertiary/aromatic N) is 2. The smallest absolute Gasteiger partial charge is 0.466 e. The SMILES string of the molecule is CC1CCCO1.CCOC(=O)CC1OB(O)c2cc(Oc3ncccn3)cc(CC)c21. The number of carbonyl (C=O) groups is 1. The van der Waals surface area contributed by atoms with E-state index in [0.717, 1.165) is 17.7 Å². The minimum absolute atomic E-state index is 0.0624. The van der Waals surface area contributed by atoms with Gasteiger partial charge in [0, 0.05) is 19.0 Å². The normalized spacial score (nSPS) is 19.4. The van der Waals surface area contributed by atoms with E-state index >= 15 is 0 Å². The van der Waals surface area contributed by atoms with Gasteiger partial charge in [-0.1, -0.05) is 6.92 Å². The van der Waals surface area contributed by atoms with Crippen molar-refractivity contribution in [3.8, 4) is 11.8 Å². The van der Waals surface area contributed by atoms with E-state index in [1.54, 1.807) is 31.5 Å². The Morgan fingerprint density at radius 3 is 2.65 bits per heavy atom. The number of benzene rings is 1. The van der Waals surface area contributed by atoms with Crippen LogP contribution in [0.3, 0.4) is 0 Å². The number of hydrogen-bond donors (Lipinski definition) is 1. The molecule has 2 unspecified atom stereocenters. The zero-order valence-electron chi connectivity index (χ0n) is 18.2. The van der Waals surface area contributed by atoms with E-state index in [1.165, 1.54) is 12.8 Å². The maximum absolute atomic E-state index is 11.8. The molecule has 4 rings (SSSR count). The lowest BCUT2D eigenvalue weighted by molar-refractivity contribution is -0.145. The molecular weight excluding hydrogens is 399 g/mol. The summed E-state index contributed by atoms with van der Waals surface area (Å²) in [6.07, 6.45) is 6.48. The van der Waals surface area contributed by atoms with Crippen LogP contribution in [0.1, 0.15) is 57.3 Å². The molecule has 2 aromatic rings. The van der Waals surface area contributed by atoms with Crippen LogP contribution in [0.15, 0.2) is 30.6 Å². The topological polar surface area (TPSA) is 100 Å². The number of aromatic nitrogens is 2. The Labute approximate surface area is 183 Å². The molecule has 1 fully saturated rings. The fraction of sp³-hybridized carbons (Fsp3) is 0.500. The maximum Gasteiger partial charge on any atom is 0.492 e. The predicted octanol–water partition coefficient (Wildman–Crippen LogP) is 2.73. The summed E-state index contributed by atoms with van der Waals surface area (Å²) < 4.78 is 21.4. The van der Waals surface area contributed by atoms with Crippen molar-refractivity contribution >= 4 is 18.6 Å². The van der Waals surface area contributed by atoms with Crippen molar-refractivity contribution in [2.45, 2.75) is 58.7 Å². The summed E-state index contributed by atoms with van der Waals surface area (Å²) in [6.45, 7) is 7.16. The number of carbonyl (C=O) groups excluding carboxylic acids is 1. The van der Waals surface area contributed by atoms with Gasteiger partial charge in [0.05, 0.1) is 25.2 Å². The largest absolute Gasteiger partial charge is 0.492 e. The van der Waals surface area contributed by atoms with Gasteiger partial charge in [-0.2, -0.15) is 0 Å². The number of esters is 1. The van der Waals surface area contributed by atoms with Gasteiger partial charge >= 0.3 is 19.1 Å². The lowest BCUT2D eigenvalue weighted by atomic mass is 9.77. The molecule has 0 radical (unpaired) electrons. The van der Waals surface area contributed by atoms with E-state index < -0.39 is 13.2 Å². The standard InChI is InChI=1S/C17H19BN2O5.C5H10O/c1-3-11-8-12(24-17-19-6-5-7-20-17)9-13-16(11)14(25-18(13)22)10-15(21)23-4-2;1-5-3-2-4-6-5/h5-9,14,22H,3-4,10H2,1-2H3;5H,2-4H2,1H3. The fourth-order valence-corrected chi connectivity index (χ4v) is 3.66. The highest BCUT2D eigenvalue weighted by Crippen LogP contribution is 2.33. The summed E-state index contributed by atoms with van der Waals surface area (Å²) in [7, 11) is -1.11. The van der Waals surface area contributed by atoms with Gasteiger partial charge in [-0.3, -0.25) is 4.79 Å². The molecule has 0 spiro atoms. The average Bonchev–Trinajstić information content (AvgIpc) is 3.36. The molecule has 9 heteroatoms. The monoisotopic (exact) mass is 428 g/mol. The van der Waals surface area contributed by atoms with Crippen LogP contribution in [0, 0.1) is 0 Å². The van der Waals surface area contributed by atoms with E-state index in [1.807, 2.05) is 13.0 Å². The van der Waals surface area contributed by atoms with Crippen molar-refractivity contribution in [3.63, 3.8) is 0 Å². The molecule has 3 heterocycles. The van der Waals surface area contributed by atoms with Crippen molar-refractivity contribution in [2.75, 3.05) is 13.2 Å². The molecule has 31 heavy (non-hydrogen) atoms. The highest BCUT2D eigenvalue weighted by molar-refractivity contribution is 6.62. The molecule has 2 atom stereocenters. The van der Waals surface area contributed by atoms with Gasteiger partial charge in [0.15, 0.2) is 0 Å². The minimum Gasteiger partial charge on any atom is -0.466 e. The summed E-state index contributed by atoms with van der Waals surface area (Å²) in [5.74, 6) is 0.161. The molecule has 8 nitrogen and oxygen atoms in total. The molecule has 0 amide bonds. The minimum atomic E-state index is -1.11. The summed E-state index contributed by atoms with van der Waals surface area (Å²) in [5, 5.41) is 10.2. The summed E-state index contributed by atoms with van der Waals surface area (Å²) in [5.41, 5.74) is 2.36. The van der Waals surface area contributed by atoms with Gasteiger partial charge in [-0.05, 0) is 67.9 Å². The van der Waals surface area contributed by atoms with Crippen LogP contribution in [0.2, 0.25) is 0 Å². The molecule has 2 aliphatic heterocycles.